The van der Waals surface area contributed by atoms with Crippen molar-refractivity contribution in [2.24, 2.45) is 4.99 Å². The highest BCUT2D eigenvalue weighted by atomic mass is 32.2. The van der Waals surface area contributed by atoms with Crippen molar-refractivity contribution in [2.45, 2.75) is 12.2 Å². The highest BCUT2D eigenvalue weighted by molar-refractivity contribution is 8.15. The van der Waals surface area contributed by atoms with Crippen LogP contribution in [0.5, 0.6) is 5.75 Å². The van der Waals surface area contributed by atoms with Crippen LogP contribution in [0.25, 0.3) is 0 Å². The van der Waals surface area contributed by atoms with Crippen LogP contribution in [0.4, 0.5) is 8.78 Å². The molecule has 1 heterocycles. The van der Waals surface area contributed by atoms with E-state index in [-0.39, 0.29) is 16.4 Å². The van der Waals surface area contributed by atoms with Gasteiger partial charge in [-0.3, -0.25) is 0 Å². The maximum atomic E-state index is 13.9. The predicted molar refractivity (Wildman–Crippen MR) is 70.6 cm³/mol. The Balaban J connectivity index is 2.45. The standard InChI is InChI=1S/C13H11F2NO2S/c1-7-3-8(6-17)19-13(16-7)9-4-11(15)12(18-2)5-10(9)14/h3-6,8H,1-2H3. The predicted octanol–water partition coefficient (Wildman–Crippen LogP) is 2.94. The van der Waals surface area contributed by atoms with Crippen LogP contribution in [0, 0.1) is 11.6 Å². The second-order valence-corrected chi connectivity index (χ2v) is 5.08. The number of hydrogen-bond donors (Lipinski definition) is 0. The summed E-state index contributed by atoms with van der Waals surface area (Å²) < 4.78 is 32.2. The van der Waals surface area contributed by atoms with Gasteiger partial charge in [0.2, 0.25) is 0 Å². The fraction of sp³-hybridized carbons (Fsp3) is 0.231. The lowest BCUT2D eigenvalue weighted by Gasteiger charge is -2.16. The summed E-state index contributed by atoms with van der Waals surface area (Å²) in [5.41, 5.74) is 0.629. The number of carbonyl (C=O) groups is 1. The van der Waals surface area contributed by atoms with Gasteiger partial charge in [-0.05, 0) is 19.1 Å². The maximum absolute atomic E-state index is 13.9. The molecule has 0 bridgehead atoms. The van der Waals surface area contributed by atoms with E-state index in [0.29, 0.717) is 5.70 Å². The number of carbonyl (C=O) groups excluding carboxylic acids is 1. The monoisotopic (exact) mass is 283 g/mol. The minimum atomic E-state index is -0.669. The van der Waals surface area contributed by atoms with Gasteiger partial charge in [0.05, 0.1) is 12.4 Å². The summed E-state index contributed by atoms with van der Waals surface area (Å²) >= 11 is 1.08. The van der Waals surface area contributed by atoms with Crippen molar-refractivity contribution in [3.05, 3.63) is 41.1 Å². The molecule has 1 aliphatic heterocycles. The summed E-state index contributed by atoms with van der Waals surface area (Å²) in [6.07, 6.45) is 2.40. The molecule has 1 unspecified atom stereocenters. The van der Waals surface area contributed by atoms with Crippen molar-refractivity contribution in [2.75, 3.05) is 7.11 Å². The molecule has 0 N–H and O–H groups in total. The number of benzene rings is 1. The van der Waals surface area contributed by atoms with Crippen molar-refractivity contribution in [3.8, 4) is 5.75 Å². The number of halogens is 2. The molecule has 2 rings (SSSR count). The molecule has 0 saturated carbocycles. The number of aldehydes is 1. The Morgan fingerprint density at radius 3 is 2.74 bits per heavy atom. The number of hydrogen-bond acceptors (Lipinski definition) is 4. The summed E-state index contributed by atoms with van der Waals surface area (Å²) in [5.74, 6) is -1.47. The first-order valence-electron chi connectivity index (χ1n) is 5.47. The zero-order valence-electron chi connectivity index (χ0n) is 10.3. The number of ether oxygens (including phenoxy) is 1. The average Bonchev–Trinajstić information content (AvgIpc) is 2.40. The average molecular weight is 283 g/mol. The fourth-order valence-electron chi connectivity index (χ4n) is 1.66. The van der Waals surface area contributed by atoms with E-state index in [2.05, 4.69) is 4.99 Å². The van der Waals surface area contributed by atoms with Crippen molar-refractivity contribution >= 4 is 23.1 Å². The minimum absolute atomic E-state index is 0.0302. The Morgan fingerprint density at radius 1 is 1.37 bits per heavy atom. The third-order valence-corrected chi connectivity index (χ3v) is 3.59. The Morgan fingerprint density at radius 2 is 2.11 bits per heavy atom. The number of rotatable bonds is 3. The van der Waals surface area contributed by atoms with E-state index in [1.165, 1.54) is 7.11 Å². The zero-order chi connectivity index (χ0) is 14.0. The zero-order valence-corrected chi connectivity index (χ0v) is 11.1. The van der Waals surface area contributed by atoms with E-state index in [0.717, 1.165) is 30.2 Å². The molecule has 0 amide bonds. The van der Waals surface area contributed by atoms with E-state index in [1.807, 2.05) is 0 Å². The summed E-state index contributed by atoms with van der Waals surface area (Å²) in [6, 6.07) is 2.00. The van der Waals surface area contributed by atoms with E-state index in [1.54, 1.807) is 13.0 Å². The van der Waals surface area contributed by atoms with Gasteiger partial charge in [-0.15, -0.1) is 0 Å². The van der Waals surface area contributed by atoms with E-state index in [9.17, 15) is 13.6 Å². The molecular formula is C13H11F2NO2S. The lowest BCUT2D eigenvalue weighted by molar-refractivity contribution is -0.106. The van der Waals surface area contributed by atoms with Crippen molar-refractivity contribution in [1.82, 2.24) is 0 Å². The number of methoxy groups -OCH3 is 1. The Bertz CT molecular complexity index is 584. The molecule has 0 saturated heterocycles. The van der Waals surface area contributed by atoms with Crippen LogP contribution in [0.3, 0.4) is 0 Å². The van der Waals surface area contributed by atoms with Gasteiger partial charge < -0.3 is 9.53 Å². The molecular weight excluding hydrogens is 272 g/mol. The van der Waals surface area contributed by atoms with E-state index < -0.39 is 16.9 Å². The number of aliphatic imine (C=N–C) groups is 1. The van der Waals surface area contributed by atoms with Crippen LogP contribution < -0.4 is 4.74 Å². The SMILES string of the molecule is COc1cc(F)c(C2=NC(C)=CC(C=O)S2)cc1F. The summed E-state index contributed by atoms with van der Waals surface area (Å²) in [7, 11) is 1.26. The fourth-order valence-corrected chi connectivity index (χ4v) is 2.72. The van der Waals surface area contributed by atoms with Gasteiger partial charge in [0.25, 0.3) is 0 Å². The van der Waals surface area contributed by atoms with Gasteiger partial charge in [0.15, 0.2) is 11.6 Å². The molecule has 1 aromatic carbocycles. The van der Waals surface area contributed by atoms with E-state index >= 15 is 0 Å². The third kappa shape index (κ3) is 2.84. The van der Waals surface area contributed by atoms with Gasteiger partial charge in [0.1, 0.15) is 17.1 Å². The summed E-state index contributed by atoms with van der Waals surface area (Å²) in [5, 5.41) is -0.145. The lowest BCUT2D eigenvalue weighted by Crippen LogP contribution is -2.13. The molecule has 19 heavy (non-hydrogen) atoms. The van der Waals surface area contributed by atoms with Gasteiger partial charge in [-0.25, -0.2) is 13.8 Å². The molecule has 0 fully saturated rings. The lowest BCUT2D eigenvalue weighted by atomic mass is 10.2. The first kappa shape index (κ1) is 13.7. The highest BCUT2D eigenvalue weighted by Gasteiger charge is 2.21. The summed E-state index contributed by atoms with van der Waals surface area (Å²) in [6.45, 7) is 1.70. The highest BCUT2D eigenvalue weighted by Crippen LogP contribution is 2.30. The largest absolute Gasteiger partial charge is 0.494 e. The van der Waals surface area contributed by atoms with Crippen LogP contribution in [0.2, 0.25) is 0 Å². The first-order chi connectivity index (χ1) is 9.05. The second kappa shape index (κ2) is 5.52. The van der Waals surface area contributed by atoms with Crippen LogP contribution >= 0.6 is 11.8 Å². The quantitative estimate of drug-likeness (QED) is 0.801. The minimum Gasteiger partial charge on any atom is -0.494 e. The normalized spacial score (nSPS) is 18.6. The molecule has 1 atom stereocenters. The van der Waals surface area contributed by atoms with Crippen molar-refractivity contribution in [3.63, 3.8) is 0 Å². The molecule has 0 aromatic heterocycles. The van der Waals surface area contributed by atoms with Crippen molar-refractivity contribution < 1.29 is 18.3 Å². The van der Waals surface area contributed by atoms with Crippen LogP contribution in [0.1, 0.15) is 12.5 Å². The number of allylic oxidation sites excluding steroid dienone is 1. The molecule has 3 nitrogen and oxygen atoms in total. The second-order valence-electron chi connectivity index (χ2n) is 3.91. The van der Waals surface area contributed by atoms with Gasteiger partial charge in [-0.2, -0.15) is 0 Å². The van der Waals surface area contributed by atoms with Gasteiger partial charge in [-0.1, -0.05) is 11.8 Å². The third-order valence-electron chi connectivity index (χ3n) is 2.54. The topological polar surface area (TPSA) is 38.7 Å². The van der Waals surface area contributed by atoms with Gasteiger partial charge >= 0.3 is 0 Å². The number of nitrogens with zero attached hydrogens (tertiary/aromatic N) is 1. The molecule has 0 aliphatic carbocycles. The molecule has 0 radical (unpaired) electrons. The molecule has 6 heteroatoms. The molecule has 0 spiro atoms. The summed E-state index contributed by atoms with van der Waals surface area (Å²) in [4.78, 5) is 15.0. The number of thioether (sulfide) groups is 1. The van der Waals surface area contributed by atoms with Gasteiger partial charge in [0, 0.05) is 17.3 Å². The van der Waals surface area contributed by atoms with E-state index in [4.69, 9.17) is 4.74 Å². The molecule has 1 aliphatic rings. The first-order valence-corrected chi connectivity index (χ1v) is 6.35. The van der Waals surface area contributed by atoms with Crippen LogP contribution in [-0.4, -0.2) is 23.7 Å². The Labute approximate surface area is 113 Å². The Hall–Kier alpha value is -1.69. The maximum Gasteiger partial charge on any atom is 0.165 e. The smallest absolute Gasteiger partial charge is 0.165 e. The molecule has 1 aromatic rings. The van der Waals surface area contributed by atoms with Crippen molar-refractivity contribution in [1.29, 1.82) is 0 Å². The molecule has 100 valence electrons. The van der Waals surface area contributed by atoms with Crippen LogP contribution in [-0.2, 0) is 4.79 Å². The Kier molecular flexibility index (Phi) is 3.99. The van der Waals surface area contributed by atoms with Crippen LogP contribution in [0.15, 0.2) is 28.9 Å².